The molecule has 18 heavy (non-hydrogen) atoms. The van der Waals surface area contributed by atoms with Crippen molar-refractivity contribution in [2.24, 2.45) is 5.73 Å². The lowest BCUT2D eigenvalue weighted by Gasteiger charge is -2.14. The van der Waals surface area contributed by atoms with Crippen molar-refractivity contribution >= 4 is 27.5 Å². The number of rotatable bonds is 2. The van der Waals surface area contributed by atoms with Gasteiger partial charge in [0.1, 0.15) is 11.6 Å². The molecule has 0 radical (unpaired) electrons. The van der Waals surface area contributed by atoms with Crippen LogP contribution >= 0.6 is 27.5 Å². The van der Waals surface area contributed by atoms with Gasteiger partial charge in [-0.15, -0.1) is 0 Å². The Hall–Kier alpha value is -0.970. The standard InChI is InChI=1S/C13H9BrClF2N/c14-8-3-1-7(2-4-8)13(18)9-5-12(17)10(15)6-11(9)16/h1-6,13H,18H2. The summed E-state index contributed by atoms with van der Waals surface area (Å²) in [6.45, 7) is 0. The fraction of sp³-hybridized carbons (Fsp3) is 0.0769. The van der Waals surface area contributed by atoms with E-state index >= 15 is 0 Å². The van der Waals surface area contributed by atoms with E-state index in [0.29, 0.717) is 5.56 Å². The Morgan fingerprint density at radius 2 is 1.67 bits per heavy atom. The van der Waals surface area contributed by atoms with Crippen molar-refractivity contribution in [2.45, 2.75) is 6.04 Å². The zero-order valence-corrected chi connectivity index (χ0v) is 11.5. The van der Waals surface area contributed by atoms with Gasteiger partial charge in [-0.1, -0.05) is 39.7 Å². The maximum absolute atomic E-state index is 13.7. The van der Waals surface area contributed by atoms with Crippen molar-refractivity contribution in [1.82, 2.24) is 0 Å². The zero-order chi connectivity index (χ0) is 13.3. The van der Waals surface area contributed by atoms with Crippen LogP contribution in [0.5, 0.6) is 0 Å². The van der Waals surface area contributed by atoms with Crippen molar-refractivity contribution in [2.75, 3.05) is 0 Å². The molecule has 0 saturated heterocycles. The first-order valence-corrected chi connectivity index (χ1v) is 6.31. The van der Waals surface area contributed by atoms with Crippen LogP contribution in [0, 0.1) is 11.6 Å². The predicted molar refractivity (Wildman–Crippen MR) is 71.5 cm³/mol. The molecular weight excluding hydrogens is 324 g/mol. The first kappa shape index (κ1) is 13.5. The molecule has 0 aliphatic heterocycles. The molecule has 2 N–H and O–H groups in total. The van der Waals surface area contributed by atoms with Crippen LogP contribution in [0.2, 0.25) is 5.02 Å². The molecule has 0 aliphatic carbocycles. The molecule has 2 aromatic rings. The van der Waals surface area contributed by atoms with Crippen LogP contribution in [0.15, 0.2) is 40.9 Å². The number of hydrogen-bond acceptors (Lipinski definition) is 1. The normalized spacial score (nSPS) is 12.5. The van der Waals surface area contributed by atoms with Crippen LogP contribution in [0.25, 0.3) is 0 Å². The van der Waals surface area contributed by atoms with E-state index < -0.39 is 17.7 Å². The van der Waals surface area contributed by atoms with Crippen LogP contribution in [0.1, 0.15) is 17.2 Å². The van der Waals surface area contributed by atoms with Gasteiger partial charge in [-0.05, 0) is 29.8 Å². The van der Waals surface area contributed by atoms with Gasteiger partial charge in [0.15, 0.2) is 0 Å². The van der Waals surface area contributed by atoms with Crippen molar-refractivity contribution in [1.29, 1.82) is 0 Å². The summed E-state index contributed by atoms with van der Waals surface area (Å²) in [6.07, 6.45) is 0. The Morgan fingerprint density at radius 1 is 1.06 bits per heavy atom. The number of benzene rings is 2. The van der Waals surface area contributed by atoms with E-state index in [4.69, 9.17) is 17.3 Å². The Labute approximate surface area is 117 Å². The molecule has 94 valence electrons. The molecule has 0 aromatic heterocycles. The third kappa shape index (κ3) is 2.71. The first-order chi connectivity index (χ1) is 8.49. The average molecular weight is 333 g/mol. The largest absolute Gasteiger partial charge is 0.320 e. The van der Waals surface area contributed by atoms with E-state index in [0.717, 1.165) is 16.6 Å². The van der Waals surface area contributed by atoms with E-state index in [1.165, 1.54) is 0 Å². The third-order valence-electron chi connectivity index (χ3n) is 2.60. The molecule has 1 unspecified atom stereocenters. The Balaban J connectivity index is 2.42. The molecule has 2 rings (SSSR count). The summed E-state index contributed by atoms with van der Waals surface area (Å²) < 4.78 is 27.9. The van der Waals surface area contributed by atoms with Gasteiger partial charge in [-0.3, -0.25) is 0 Å². The minimum absolute atomic E-state index is 0.0826. The molecule has 0 heterocycles. The molecule has 5 heteroatoms. The average Bonchev–Trinajstić information content (AvgIpc) is 2.34. The molecule has 1 atom stereocenters. The topological polar surface area (TPSA) is 26.0 Å². The highest BCUT2D eigenvalue weighted by atomic mass is 79.9. The maximum atomic E-state index is 13.7. The second-order valence-electron chi connectivity index (χ2n) is 3.82. The third-order valence-corrected chi connectivity index (χ3v) is 3.42. The fourth-order valence-electron chi connectivity index (χ4n) is 1.63. The molecule has 0 aliphatic rings. The summed E-state index contributed by atoms with van der Waals surface area (Å²) >= 11 is 8.79. The van der Waals surface area contributed by atoms with Gasteiger partial charge in [-0.2, -0.15) is 0 Å². The van der Waals surface area contributed by atoms with Gasteiger partial charge >= 0.3 is 0 Å². The molecule has 1 nitrogen and oxygen atoms in total. The van der Waals surface area contributed by atoms with Crippen LogP contribution in [-0.2, 0) is 0 Å². The predicted octanol–water partition coefficient (Wildman–Crippen LogP) is 4.43. The molecule has 0 amide bonds. The monoisotopic (exact) mass is 331 g/mol. The van der Waals surface area contributed by atoms with Gasteiger partial charge < -0.3 is 5.73 Å². The van der Waals surface area contributed by atoms with Gasteiger partial charge in [0.05, 0.1) is 11.1 Å². The highest BCUT2D eigenvalue weighted by molar-refractivity contribution is 9.10. The summed E-state index contributed by atoms with van der Waals surface area (Å²) in [5.41, 5.74) is 6.70. The van der Waals surface area contributed by atoms with Crippen molar-refractivity contribution in [3.63, 3.8) is 0 Å². The second kappa shape index (κ2) is 5.34. The quantitative estimate of drug-likeness (QED) is 0.809. The molecule has 2 aromatic carbocycles. The van der Waals surface area contributed by atoms with Crippen molar-refractivity contribution < 1.29 is 8.78 Å². The lowest BCUT2D eigenvalue weighted by molar-refractivity contribution is 0.577. The number of hydrogen-bond donors (Lipinski definition) is 1. The molecular formula is C13H9BrClF2N. The minimum atomic E-state index is -0.732. The lowest BCUT2D eigenvalue weighted by atomic mass is 9.99. The van der Waals surface area contributed by atoms with E-state index in [9.17, 15) is 8.78 Å². The Kier molecular flexibility index (Phi) is 4.00. The summed E-state index contributed by atoms with van der Waals surface area (Å²) in [6, 6.07) is 8.32. The zero-order valence-electron chi connectivity index (χ0n) is 9.13. The van der Waals surface area contributed by atoms with Crippen LogP contribution in [0.3, 0.4) is 0 Å². The molecule has 0 saturated carbocycles. The van der Waals surface area contributed by atoms with Crippen molar-refractivity contribution in [3.05, 3.63) is 68.7 Å². The van der Waals surface area contributed by atoms with E-state index in [2.05, 4.69) is 15.9 Å². The van der Waals surface area contributed by atoms with Crippen LogP contribution in [-0.4, -0.2) is 0 Å². The Bertz CT molecular complexity index is 572. The number of halogens is 4. The van der Waals surface area contributed by atoms with Crippen molar-refractivity contribution in [3.8, 4) is 0 Å². The maximum Gasteiger partial charge on any atom is 0.142 e. The molecule has 0 bridgehead atoms. The van der Waals surface area contributed by atoms with Crippen LogP contribution < -0.4 is 5.73 Å². The van der Waals surface area contributed by atoms with Gasteiger partial charge in [-0.25, -0.2) is 8.78 Å². The Morgan fingerprint density at radius 3 is 2.28 bits per heavy atom. The fourth-order valence-corrected chi connectivity index (χ4v) is 2.04. The van der Waals surface area contributed by atoms with E-state index in [1.807, 2.05) is 0 Å². The van der Waals surface area contributed by atoms with E-state index in [-0.39, 0.29) is 10.6 Å². The van der Waals surface area contributed by atoms with Gasteiger partial charge in [0, 0.05) is 10.0 Å². The SMILES string of the molecule is NC(c1ccc(Br)cc1)c1cc(F)c(Cl)cc1F. The summed E-state index contributed by atoms with van der Waals surface area (Å²) in [5, 5.41) is -0.251. The smallest absolute Gasteiger partial charge is 0.142 e. The molecule has 0 spiro atoms. The lowest BCUT2D eigenvalue weighted by Crippen LogP contribution is -2.14. The molecule has 0 fully saturated rings. The minimum Gasteiger partial charge on any atom is -0.320 e. The van der Waals surface area contributed by atoms with Gasteiger partial charge in [0.25, 0.3) is 0 Å². The highest BCUT2D eigenvalue weighted by Gasteiger charge is 2.16. The van der Waals surface area contributed by atoms with E-state index in [1.54, 1.807) is 24.3 Å². The second-order valence-corrected chi connectivity index (χ2v) is 5.14. The first-order valence-electron chi connectivity index (χ1n) is 5.14. The summed E-state index contributed by atoms with van der Waals surface area (Å²) in [4.78, 5) is 0. The van der Waals surface area contributed by atoms with Gasteiger partial charge in [0.2, 0.25) is 0 Å². The van der Waals surface area contributed by atoms with Crippen LogP contribution in [0.4, 0.5) is 8.78 Å². The number of nitrogens with two attached hydrogens (primary N) is 1. The highest BCUT2D eigenvalue weighted by Crippen LogP contribution is 2.27. The summed E-state index contributed by atoms with van der Waals surface area (Å²) in [7, 11) is 0. The summed E-state index contributed by atoms with van der Waals surface area (Å²) in [5.74, 6) is -1.29.